The number of aliphatic hydroxyl groups excluding tert-OH is 1. The number of amides is 1. The molecule has 0 radical (unpaired) electrons. The van der Waals surface area contributed by atoms with E-state index in [2.05, 4.69) is 12.2 Å². The number of rotatable bonds is 6. The predicted molar refractivity (Wildman–Crippen MR) is 76.7 cm³/mol. The van der Waals surface area contributed by atoms with E-state index >= 15 is 0 Å². The molecule has 104 valence electrons. The molecule has 0 aromatic rings. The molecule has 19 heavy (non-hydrogen) atoms. The average molecular weight is 261 g/mol. The lowest BCUT2D eigenvalue weighted by molar-refractivity contribution is -0.119. The van der Waals surface area contributed by atoms with E-state index in [1.165, 1.54) is 19.3 Å². The Morgan fingerprint density at radius 3 is 2.68 bits per heavy atom. The maximum absolute atomic E-state index is 12.0. The Morgan fingerprint density at radius 2 is 1.89 bits per heavy atom. The van der Waals surface area contributed by atoms with E-state index in [9.17, 15) is 9.90 Å². The van der Waals surface area contributed by atoms with Crippen LogP contribution in [0.4, 0.5) is 0 Å². The van der Waals surface area contributed by atoms with Crippen molar-refractivity contribution in [3.8, 4) is 0 Å². The molecule has 2 N–H and O–H groups in total. The summed E-state index contributed by atoms with van der Waals surface area (Å²) in [4.78, 5) is 12.0. The Hall–Kier alpha value is -1.51. The second kappa shape index (κ2) is 6.60. The van der Waals surface area contributed by atoms with Gasteiger partial charge in [-0.15, -0.1) is 0 Å². The Morgan fingerprint density at radius 1 is 1.16 bits per heavy atom. The van der Waals surface area contributed by atoms with Crippen LogP contribution < -0.4 is 5.32 Å². The predicted octanol–water partition coefficient (Wildman–Crippen LogP) is 3.40. The number of carbonyl (C=O) groups excluding carboxylic acids is 1. The summed E-state index contributed by atoms with van der Waals surface area (Å²) in [6, 6.07) is -0.0821. The fourth-order valence-corrected chi connectivity index (χ4v) is 2.71. The van der Waals surface area contributed by atoms with Crippen LogP contribution in [0.1, 0.15) is 45.4 Å². The molecule has 0 aromatic carbocycles. The van der Waals surface area contributed by atoms with Gasteiger partial charge in [-0.05, 0) is 12.8 Å². The highest BCUT2D eigenvalue weighted by Crippen LogP contribution is 2.29. The molecule has 2 rings (SSSR count). The van der Waals surface area contributed by atoms with E-state index in [0.717, 1.165) is 12.8 Å². The van der Waals surface area contributed by atoms with Gasteiger partial charge >= 0.3 is 0 Å². The van der Waals surface area contributed by atoms with Gasteiger partial charge in [0.15, 0.2) is 0 Å². The summed E-state index contributed by atoms with van der Waals surface area (Å²) < 4.78 is 0. The highest BCUT2D eigenvalue weighted by Gasteiger charge is 2.33. The van der Waals surface area contributed by atoms with Gasteiger partial charge in [0, 0.05) is 0 Å². The summed E-state index contributed by atoms with van der Waals surface area (Å²) in [5.74, 6) is 0.0902. The Kier molecular flexibility index (Phi) is 4.83. The van der Waals surface area contributed by atoms with Crippen molar-refractivity contribution in [3.05, 3.63) is 35.6 Å². The van der Waals surface area contributed by atoms with Crippen LogP contribution in [0.25, 0.3) is 0 Å². The quantitative estimate of drug-likeness (QED) is 0.720. The number of hydrogen-bond acceptors (Lipinski definition) is 2. The van der Waals surface area contributed by atoms with E-state index in [1.807, 2.05) is 24.3 Å². The van der Waals surface area contributed by atoms with E-state index in [1.54, 1.807) is 0 Å². The fraction of sp³-hybridized carbons (Fsp3) is 0.562. The van der Waals surface area contributed by atoms with Gasteiger partial charge in [-0.25, -0.2) is 0 Å². The number of aliphatic hydroxyl groups is 1. The van der Waals surface area contributed by atoms with Crippen molar-refractivity contribution in [2.75, 3.05) is 0 Å². The van der Waals surface area contributed by atoms with E-state index in [4.69, 9.17) is 0 Å². The molecule has 0 saturated heterocycles. The van der Waals surface area contributed by atoms with Crippen molar-refractivity contribution >= 4 is 5.91 Å². The van der Waals surface area contributed by atoms with Gasteiger partial charge in [0.2, 0.25) is 0 Å². The summed E-state index contributed by atoms with van der Waals surface area (Å²) in [6.07, 6.45) is 14.2. The SMILES string of the molecule is CCCCCCCC1=C(O)C2C=CC=CC2NC1=O. The largest absolute Gasteiger partial charge is 0.511 e. The minimum absolute atomic E-state index is 0.0756. The molecule has 3 nitrogen and oxygen atoms in total. The zero-order chi connectivity index (χ0) is 13.7. The number of unbranched alkanes of at least 4 members (excludes halogenated alkanes) is 4. The summed E-state index contributed by atoms with van der Waals surface area (Å²) in [5, 5.41) is 13.2. The Bertz CT molecular complexity index is 420. The van der Waals surface area contributed by atoms with Crippen LogP contribution >= 0.6 is 0 Å². The molecule has 1 aliphatic carbocycles. The second-order valence-corrected chi connectivity index (χ2v) is 5.32. The lowest BCUT2D eigenvalue weighted by Gasteiger charge is -2.31. The molecule has 0 bridgehead atoms. The minimum atomic E-state index is -0.103. The highest BCUT2D eigenvalue weighted by molar-refractivity contribution is 5.95. The van der Waals surface area contributed by atoms with Crippen molar-refractivity contribution < 1.29 is 9.90 Å². The van der Waals surface area contributed by atoms with E-state index in [-0.39, 0.29) is 23.6 Å². The maximum atomic E-state index is 12.0. The molecular formula is C16H23NO2. The molecular weight excluding hydrogens is 238 g/mol. The number of nitrogens with one attached hydrogen (secondary N) is 1. The monoisotopic (exact) mass is 261 g/mol. The van der Waals surface area contributed by atoms with Gasteiger partial charge in [-0.3, -0.25) is 4.79 Å². The second-order valence-electron chi connectivity index (χ2n) is 5.32. The molecule has 2 atom stereocenters. The van der Waals surface area contributed by atoms with Crippen LogP contribution in [0.15, 0.2) is 35.6 Å². The van der Waals surface area contributed by atoms with Crippen molar-refractivity contribution in [2.45, 2.75) is 51.5 Å². The first-order valence-electron chi connectivity index (χ1n) is 7.32. The fourth-order valence-electron chi connectivity index (χ4n) is 2.71. The molecule has 0 aromatic heterocycles. The third-order valence-electron chi connectivity index (χ3n) is 3.86. The zero-order valence-electron chi connectivity index (χ0n) is 11.6. The van der Waals surface area contributed by atoms with Gasteiger partial charge in [0.05, 0.1) is 17.5 Å². The molecule has 0 fully saturated rings. The first kappa shape index (κ1) is 13.9. The van der Waals surface area contributed by atoms with Gasteiger partial charge in [-0.2, -0.15) is 0 Å². The summed E-state index contributed by atoms with van der Waals surface area (Å²) in [5.41, 5.74) is 0.581. The average Bonchev–Trinajstić information content (AvgIpc) is 2.42. The van der Waals surface area contributed by atoms with Gasteiger partial charge in [-0.1, -0.05) is 56.9 Å². The summed E-state index contributed by atoms with van der Waals surface area (Å²) in [7, 11) is 0. The van der Waals surface area contributed by atoms with Crippen molar-refractivity contribution in [1.29, 1.82) is 0 Å². The van der Waals surface area contributed by atoms with Gasteiger partial charge in [0.1, 0.15) is 5.76 Å². The minimum Gasteiger partial charge on any atom is -0.511 e. The van der Waals surface area contributed by atoms with Crippen LogP contribution in [0.5, 0.6) is 0 Å². The smallest absolute Gasteiger partial charge is 0.251 e. The van der Waals surface area contributed by atoms with Crippen molar-refractivity contribution in [3.63, 3.8) is 0 Å². The van der Waals surface area contributed by atoms with Crippen LogP contribution in [-0.2, 0) is 4.79 Å². The van der Waals surface area contributed by atoms with Gasteiger partial charge in [0.25, 0.3) is 5.91 Å². The van der Waals surface area contributed by atoms with Crippen LogP contribution in [0, 0.1) is 5.92 Å². The normalized spacial score (nSPS) is 25.4. The van der Waals surface area contributed by atoms with Crippen LogP contribution in [0.3, 0.4) is 0 Å². The topological polar surface area (TPSA) is 49.3 Å². The number of carbonyl (C=O) groups is 1. The first-order chi connectivity index (χ1) is 9.24. The molecule has 0 saturated carbocycles. The molecule has 2 unspecified atom stereocenters. The standard InChI is InChI=1S/C16H23NO2/c1-2-3-4-5-6-10-13-15(18)12-9-7-8-11-14(12)17-16(13)19/h7-9,11-12,14,18H,2-6,10H2,1H3,(H,17,19). The number of fused-ring (bicyclic) bond motifs is 1. The van der Waals surface area contributed by atoms with Crippen LogP contribution in [-0.4, -0.2) is 17.1 Å². The molecule has 0 spiro atoms. The molecule has 1 heterocycles. The van der Waals surface area contributed by atoms with Crippen molar-refractivity contribution in [2.24, 2.45) is 5.92 Å². The van der Waals surface area contributed by atoms with E-state index in [0.29, 0.717) is 12.0 Å². The number of allylic oxidation sites excluding steroid dienone is 2. The van der Waals surface area contributed by atoms with Crippen LogP contribution in [0.2, 0.25) is 0 Å². The number of hydrogen-bond donors (Lipinski definition) is 2. The lowest BCUT2D eigenvalue weighted by Crippen LogP contribution is -2.45. The lowest BCUT2D eigenvalue weighted by atomic mass is 9.86. The summed E-state index contributed by atoms with van der Waals surface area (Å²) >= 11 is 0. The molecule has 1 amide bonds. The Balaban J connectivity index is 1.96. The summed E-state index contributed by atoms with van der Waals surface area (Å²) in [6.45, 7) is 2.19. The third kappa shape index (κ3) is 3.28. The van der Waals surface area contributed by atoms with Crippen molar-refractivity contribution in [1.82, 2.24) is 5.32 Å². The maximum Gasteiger partial charge on any atom is 0.251 e. The third-order valence-corrected chi connectivity index (χ3v) is 3.86. The molecule has 1 aliphatic heterocycles. The first-order valence-corrected chi connectivity index (χ1v) is 7.32. The highest BCUT2D eigenvalue weighted by atomic mass is 16.3. The zero-order valence-corrected chi connectivity index (χ0v) is 11.6. The molecule has 3 heteroatoms. The molecule has 2 aliphatic rings. The Labute approximate surface area is 115 Å². The van der Waals surface area contributed by atoms with E-state index < -0.39 is 0 Å². The van der Waals surface area contributed by atoms with Gasteiger partial charge < -0.3 is 10.4 Å².